The lowest BCUT2D eigenvalue weighted by atomic mass is 10.0. The van der Waals surface area contributed by atoms with Crippen LogP contribution in [0, 0.1) is 6.92 Å². The molecule has 19 heavy (non-hydrogen) atoms. The molecule has 2 heterocycles. The minimum atomic E-state index is 0.111. The molecule has 0 saturated carbocycles. The molecule has 4 nitrogen and oxygen atoms in total. The van der Waals surface area contributed by atoms with E-state index in [2.05, 4.69) is 24.0 Å². The largest absolute Gasteiger partial charge is 0.394 e. The number of hydrogen-bond acceptors (Lipinski definition) is 5. The first-order valence-electron chi connectivity index (χ1n) is 6.97. The molecule has 1 unspecified atom stereocenters. The quantitative estimate of drug-likeness (QED) is 0.832. The fraction of sp³-hybridized carbons (Fsp3) is 0.714. The van der Waals surface area contributed by atoms with Gasteiger partial charge in [0.1, 0.15) is 0 Å². The molecule has 2 rings (SSSR count). The topological polar surface area (TPSA) is 58.7 Å². The molecule has 1 aromatic rings. The molecule has 1 aliphatic rings. The molecule has 0 amide bonds. The highest BCUT2D eigenvalue weighted by atomic mass is 32.1. The van der Waals surface area contributed by atoms with Crippen molar-refractivity contribution in [2.45, 2.75) is 31.9 Å². The van der Waals surface area contributed by atoms with Gasteiger partial charge in [-0.05, 0) is 31.9 Å². The number of ether oxygens (including phenoxy) is 1. The fourth-order valence-corrected chi connectivity index (χ4v) is 3.68. The van der Waals surface area contributed by atoms with Crippen LogP contribution in [0.3, 0.4) is 0 Å². The monoisotopic (exact) mass is 284 g/mol. The zero-order valence-electron chi connectivity index (χ0n) is 11.5. The third-order valence-corrected chi connectivity index (χ3v) is 4.78. The Morgan fingerprint density at radius 3 is 2.74 bits per heavy atom. The van der Waals surface area contributed by atoms with Crippen molar-refractivity contribution in [2.24, 2.45) is 5.73 Å². The van der Waals surface area contributed by atoms with Crippen molar-refractivity contribution >= 4 is 11.3 Å². The van der Waals surface area contributed by atoms with E-state index < -0.39 is 0 Å². The summed E-state index contributed by atoms with van der Waals surface area (Å²) in [6.45, 7) is 5.41. The first-order chi connectivity index (χ1) is 9.24. The zero-order valence-corrected chi connectivity index (χ0v) is 12.4. The zero-order chi connectivity index (χ0) is 13.7. The average Bonchev–Trinajstić information content (AvgIpc) is 2.85. The number of nitrogens with two attached hydrogens (primary N) is 1. The van der Waals surface area contributed by atoms with Gasteiger partial charge >= 0.3 is 0 Å². The molecule has 108 valence electrons. The van der Waals surface area contributed by atoms with E-state index in [1.165, 1.54) is 9.75 Å². The SMILES string of the molecule is Cc1ccc(C(CN)N2CCC(OCCO)CC2)s1. The molecule has 0 spiro atoms. The smallest absolute Gasteiger partial charge is 0.0701 e. The highest BCUT2D eigenvalue weighted by molar-refractivity contribution is 7.12. The summed E-state index contributed by atoms with van der Waals surface area (Å²) in [4.78, 5) is 5.17. The number of nitrogens with zero attached hydrogens (tertiary/aromatic N) is 1. The summed E-state index contributed by atoms with van der Waals surface area (Å²) >= 11 is 1.84. The maximum atomic E-state index is 8.78. The standard InChI is InChI=1S/C14H24N2O2S/c1-11-2-3-14(19-11)13(10-15)16-6-4-12(5-7-16)18-9-8-17/h2-3,12-13,17H,4-10,15H2,1H3. The maximum absolute atomic E-state index is 8.78. The Labute approximate surface area is 119 Å². The normalized spacial score (nSPS) is 19.7. The molecule has 0 radical (unpaired) electrons. The van der Waals surface area contributed by atoms with E-state index >= 15 is 0 Å². The fourth-order valence-electron chi connectivity index (χ4n) is 2.65. The number of aryl methyl sites for hydroxylation is 1. The Morgan fingerprint density at radius 2 is 2.21 bits per heavy atom. The van der Waals surface area contributed by atoms with Gasteiger partial charge in [-0.25, -0.2) is 0 Å². The molecule has 1 fully saturated rings. The lowest BCUT2D eigenvalue weighted by molar-refractivity contribution is -0.0146. The molecular formula is C14H24N2O2S. The van der Waals surface area contributed by atoms with Crippen LogP contribution in [-0.4, -0.2) is 49.0 Å². The van der Waals surface area contributed by atoms with Gasteiger partial charge in [0.2, 0.25) is 0 Å². The molecule has 0 aromatic carbocycles. The van der Waals surface area contributed by atoms with Gasteiger partial charge in [-0.2, -0.15) is 0 Å². The van der Waals surface area contributed by atoms with Gasteiger partial charge in [0.05, 0.1) is 25.4 Å². The Hall–Kier alpha value is -0.460. The second-order valence-electron chi connectivity index (χ2n) is 5.03. The van der Waals surface area contributed by atoms with Crippen molar-refractivity contribution in [3.63, 3.8) is 0 Å². The van der Waals surface area contributed by atoms with Crippen LogP contribution in [0.25, 0.3) is 0 Å². The summed E-state index contributed by atoms with van der Waals surface area (Å²) in [5.74, 6) is 0. The summed E-state index contributed by atoms with van der Waals surface area (Å²) < 4.78 is 5.60. The molecule has 5 heteroatoms. The van der Waals surface area contributed by atoms with Gasteiger partial charge in [0.15, 0.2) is 0 Å². The Kier molecular flexibility index (Phi) is 5.78. The van der Waals surface area contributed by atoms with Gasteiger partial charge in [-0.3, -0.25) is 4.90 Å². The lowest BCUT2D eigenvalue weighted by Gasteiger charge is -2.36. The summed E-state index contributed by atoms with van der Waals surface area (Å²) in [5.41, 5.74) is 5.96. The Balaban J connectivity index is 1.88. The first-order valence-corrected chi connectivity index (χ1v) is 7.79. The number of hydrogen-bond donors (Lipinski definition) is 2. The van der Waals surface area contributed by atoms with E-state index in [0.717, 1.165) is 25.9 Å². The second kappa shape index (κ2) is 7.36. The van der Waals surface area contributed by atoms with Crippen LogP contribution in [-0.2, 0) is 4.74 Å². The summed E-state index contributed by atoms with van der Waals surface area (Å²) in [7, 11) is 0. The second-order valence-corrected chi connectivity index (χ2v) is 6.35. The van der Waals surface area contributed by atoms with Crippen molar-refractivity contribution in [2.75, 3.05) is 32.8 Å². The molecule has 0 bridgehead atoms. The van der Waals surface area contributed by atoms with E-state index in [-0.39, 0.29) is 6.61 Å². The van der Waals surface area contributed by atoms with Crippen molar-refractivity contribution < 1.29 is 9.84 Å². The summed E-state index contributed by atoms with van der Waals surface area (Å²) in [6.07, 6.45) is 2.36. The van der Waals surface area contributed by atoms with E-state index in [1.807, 2.05) is 11.3 Å². The van der Waals surface area contributed by atoms with Crippen LogP contribution in [0.15, 0.2) is 12.1 Å². The van der Waals surface area contributed by atoms with Crippen LogP contribution in [0.1, 0.15) is 28.6 Å². The Bertz CT molecular complexity index is 375. The molecule has 3 N–H and O–H groups in total. The summed E-state index contributed by atoms with van der Waals surface area (Å²) in [5, 5.41) is 8.78. The van der Waals surface area contributed by atoms with Gasteiger partial charge in [-0.15, -0.1) is 11.3 Å². The predicted octanol–water partition coefficient (Wildman–Crippen LogP) is 1.53. The minimum absolute atomic E-state index is 0.111. The maximum Gasteiger partial charge on any atom is 0.0701 e. The van der Waals surface area contributed by atoms with Crippen LogP contribution < -0.4 is 5.73 Å². The van der Waals surface area contributed by atoms with Crippen molar-refractivity contribution in [3.8, 4) is 0 Å². The van der Waals surface area contributed by atoms with Crippen molar-refractivity contribution in [1.82, 2.24) is 4.90 Å². The summed E-state index contributed by atoms with van der Waals surface area (Å²) in [6, 6.07) is 4.71. The average molecular weight is 284 g/mol. The number of thiophene rings is 1. The first kappa shape index (κ1) is 14.9. The van der Waals surface area contributed by atoms with E-state index in [9.17, 15) is 0 Å². The number of aliphatic hydroxyl groups is 1. The van der Waals surface area contributed by atoms with E-state index in [0.29, 0.717) is 25.3 Å². The Morgan fingerprint density at radius 1 is 1.47 bits per heavy atom. The lowest BCUT2D eigenvalue weighted by Crippen LogP contribution is -2.41. The number of likely N-dealkylation sites (tertiary alicyclic amines) is 1. The highest BCUT2D eigenvalue weighted by Crippen LogP contribution is 2.29. The molecule has 1 saturated heterocycles. The number of aliphatic hydroxyl groups excluding tert-OH is 1. The van der Waals surface area contributed by atoms with Gasteiger partial charge < -0.3 is 15.6 Å². The highest BCUT2D eigenvalue weighted by Gasteiger charge is 2.26. The number of piperidine rings is 1. The van der Waals surface area contributed by atoms with Crippen LogP contribution in [0.2, 0.25) is 0 Å². The van der Waals surface area contributed by atoms with Crippen molar-refractivity contribution in [3.05, 3.63) is 21.9 Å². The molecule has 1 aliphatic heterocycles. The molecule has 0 aliphatic carbocycles. The van der Waals surface area contributed by atoms with Crippen LogP contribution >= 0.6 is 11.3 Å². The van der Waals surface area contributed by atoms with E-state index in [1.54, 1.807) is 0 Å². The van der Waals surface area contributed by atoms with Crippen molar-refractivity contribution in [1.29, 1.82) is 0 Å². The van der Waals surface area contributed by atoms with Gasteiger partial charge in [-0.1, -0.05) is 0 Å². The van der Waals surface area contributed by atoms with Crippen LogP contribution in [0.4, 0.5) is 0 Å². The van der Waals surface area contributed by atoms with Gasteiger partial charge in [0.25, 0.3) is 0 Å². The minimum Gasteiger partial charge on any atom is -0.394 e. The van der Waals surface area contributed by atoms with E-state index in [4.69, 9.17) is 15.6 Å². The predicted molar refractivity (Wildman–Crippen MR) is 78.5 cm³/mol. The molecule has 1 atom stereocenters. The molecular weight excluding hydrogens is 260 g/mol. The van der Waals surface area contributed by atoms with Gasteiger partial charge in [0, 0.05) is 29.4 Å². The third-order valence-electron chi connectivity index (χ3n) is 3.68. The molecule has 1 aromatic heterocycles. The van der Waals surface area contributed by atoms with Crippen LogP contribution in [0.5, 0.6) is 0 Å². The third kappa shape index (κ3) is 4.00. The number of rotatable bonds is 6.